The highest BCUT2D eigenvalue weighted by atomic mass is 19.3. The van der Waals surface area contributed by atoms with Crippen LogP contribution < -0.4 is 14.2 Å². The Morgan fingerprint density at radius 2 is 1.67 bits per heavy atom. The number of hydrogen-bond acceptors (Lipinski definition) is 4. The summed E-state index contributed by atoms with van der Waals surface area (Å²) in [5.74, 6) is 0.784. The molecular weight excluding hydrogens is 318 g/mol. The van der Waals surface area contributed by atoms with E-state index < -0.39 is 6.61 Å². The zero-order chi connectivity index (χ0) is 17.5. The summed E-state index contributed by atoms with van der Waals surface area (Å²) in [5, 5.41) is 0. The first kappa shape index (κ1) is 17.5. The second-order valence-corrected chi connectivity index (χ2v) is 4.75. The van der Waals surface area contributed by atoms with Gasteiger partial charge in [0.25, 0.3) is 0 Å². The molecule has 0 spiro atoms. The van der Waals surface area contributed by atoms with E-state index in [2.05, 4.69) is 4.74 Å². The number of halogens is 2. The van der Waals surface area contributed by atoms with Crippen molar-refractivity contribution in [2.45, 2.75) is 6.61 Å². The number of allylic oxidation sites excluding steroid dienone is 1. The Hall–Kier alpha value is -2.89. The van der Waals surface area contributed by atoms with Crippen LogP contribution in [0.4, 0.5) is 8.78 Å². The van der Waals surface area contributed by atoms with Gasteiger partial charge in [0.2, 0.25) is 0 Å². The van der Waals surface area contributed by atoms with Crippen molar-refractivity contribution in [3.05, 3.63) is 59.7 Å². The third-order valence-corrected chi connectivity index (χ3v) is 3.14. The Balaban J connectivity index is 2.18. The second-order valence-electron chi connectivity index (χ2n) is 4.75. The smallest absolute Gasteiger partial charge is 0.387 e. The van der Waals surface area contributed by atoms with Gasteiger partial charge in [-0.2, -0.15) is 8.78 Å². The number of rotatable bonds is 7. The molecule has 4 nitrogen and oxygen atoms in total. The second kappa shape index (κ2) is 8.10. The number of ether oxygens (including phenoxy) is 3. The lowest BCUT2D eigenvalue weighted by atomic mass is 10.1. The molecule has 2 rings (SSSR count). The highest BCUT2D eigenvalue weighted by Crippen LogP contribution is 2.23. The van der Waals surface area contributed by atoms with Crippen molar-refractivity contribution < 1.29 is 27.8 Å². The molecule has 0 unspecified atom stereocenters. The first-order chi connectivity index (χ1) is 11.5. The zero-order valence-corrected chi connectivity index (χ0v) is 13.2. The van der Waals surface area contributed by atoms with Gasteiger partial charge in [-0.1, -0.05) is 18.2 Å². The average Bonchev–Trinajstić information content (AvgIpc) is 2.58. The van der Waals surface area contributed by atoms with Gasteiger partial charge in [-0.05, 0) is 35.9 Å². The summed E-state index contributed by atoms with van der Waals surface area (Å²) in [6, 6.07) is 10.8. The molecule has 0 bridgehead atoms. The molecule has 0 N–H and O–H groups in total. The molecule has 126 valence electrons. The van der Waals surface area contributed by atoms with Crippen molar-refractivity contribution in [1.29, 1.82) is 0 Å². The summed E-state index contributed by atoms with van der Waals surface area (Å²) >= 11 is 0. The molecular formula is C18H16F2O4. The minimum absolute atomic E-state index is 0.0627. The fourth-order valence-electron chi connectivity index (χ4n) is 2.02. The highest BCUT2D eigenvalue weighted by Gasteiger charge is 2.08. The number of hydrogen-bond donors (Lipinski definition) is 0. The van der Waals surface area contributed by atoms with Crippen molar-refractivity contribution in [1.82, 2.24) is 0 Å². The summed E-state index contributed by atoms with van der Waals surface area (Å²) in [4.78, 5) is 12.2. The predicted octanol–water partition coefficient (Wildman–Crippen LogP) is 4.20. The SMILES string of the molecule is COc1cc(/C=C/C(=O)c2cccc(OC(F)F)c2)cc(OC)c1. The molecule has 6 heteroatoms. The lowest BCUT2D eigenvalue weighted by Crippen LogP contribution is -2.03. The van der Waals surface area contributed by atoms with Crippen LogP contribution in [0.1, 0.15) is 15.9 Å². The van der Waals surface area contributed by atoms with Crippen LogP contribution in [0.2, 0.25) is 0 Å². The normalized spacial score (nSPS) is 10.9. The van der Waals surface area contributed by atoms with Gasteiger partial charge in [0.15, 0.2) is 5.78 Å². The first-order valence-corrected chi connectivity index (χ1v) is 7.02. The fourth-order valence-corrected chi connectivity index (χ4v) is 2.02. The predicted molar refractivity (Wildman–Crippen MR) is 86.0 cm³/mol. The Morgan fingerprint density at radius 3 is 2.25 bits per heavy atom. The molecule has 0 radical (unpaired) electrons. The number of carbonyl (C=O) groups is 1. The van der Waals surface area contributed by atoms with Crippen molar-refractivity contribution in [3.8, 4) is 17.2 Å². The molecule has 2 aromatic carbocycles. The molecule has 0 aliphatic carbocycles. The molecule has 0 amide bonds. The summed E-state index contributed by atoms with van der Waals surface area (Å²) < 4.78 is 39.0. The Morgan fingerprint density at radius 1 is 1.00 bits per heavy atom. The van der Waals surface area contributed by atoms with Gasteiger partial charge in [-0.3, -0.25) is 4.79 Å². The monoisotopic (exact) mass is 334 g/mol. The maximum Gasteiger partial charge on any atom is 0.387 e. The molecule has 0 saturated heterocycles. The van der Waals surface area contributed by atoms with E-state index in [9.17, 15) is 13.6 Å². The minimum Gasteiger partial charge on any atom is -0.497 e. The molecule has 0 aromatic heterocycles. The van der Waals surface area contributed by atoms with Crippen LogP contribution in [0.15, 0.2) is 48.5 Å². The lowest BCUT2D eigenvalue weighted by Gasteiger charge is -2.06. The van der Waals surface area contributed by atoms with Crippen LogP contribution >= 0.6 is 0 Å². The standard InChI is InChI=1S/C18H16F2O4/c1-22-15-8-12(9-16(11-15)23-2)6-7-17(21)13-4-3-5-14(10-13)24-18(19)20/h3-11,18H,1-2H3/b7-6+. The molecule has 2 aromatic rings. The molecule has 24 heavy (non-hydrogen) atoms. The summed E-state index contributed by atoms with van der Waals surface area (Å²) in [5.41, 5.74) is 0.957. The van der Waals surface area contributed by atoms with Crippen LogP contribution in [0.3, 0.4) is 0 Å². The van der Waals surface area contributed by atoms with Crippen molar-refractivity contribution >= 4 is 11.9 Å². The van der Waals surface area contributed by atoms with Crippen molar-refractivity contribution in [2.75, 3.05) is 14.2 Å². The maximum absolute atomic E-state index is 12.2. The molecule has 0 aliphatic heterocycles. The van der Waals surface area contributed by atoms with Gasteiger partial charge in [0.1, 0.15) is 17.2 Å². The third-order valence-electron chi connectivity index (χ3n) is 3.14. The van der Waals surface area contributed by atoms with Gasteiger partial charge in [0.05, 0.1) is 14.2 Å². The van der Waals surface area contributed by atoms with E-state index in [0.717, 1.165) is 0 Å². The van der Waals surface area contributed by atoms with Gasteiger partial charge < -0.3 is 14.2 Å². The Labute approximate surface area is 138 Å². The number of methoxy groups -OCH3 is 2. The number of alkyl halides is 2. The van der Waals surface area contributed by atoms with E-state index in [0.29, 0.717) is 17.1 Å². The van der Waals surface area contributed by atoms with Crippen LogP contribution in [0.5, 0.6) is 17.2 Å². The van der Waals surface area contributed by atoms with E-state index in [1.54, 1.807) is 24.3 Å². The number of benzene rings is 2. The molecule has 0 aliphatic rings. The summed E-state index contributed by atoms with van der Waals surface area (Å²) in [6.07, 6.45) is 2.93. The first-order valence-electron chi connectivity index (χ1n) is 7.02. The van der Waals surface area contributed by atoms with Crippen molar-refractivity contribution in [2.24, 2.45) is 0 Å². The average molecular weight is 334 g/mol. The van der Waals surface area contributed by atoms with E-state index >= 15 is 0 Å². The van der Waals surface area contributed by atoms with E-state index in [-0.39, 0.29) is 17.1 Å². The van der Waals surface area contributed by atoms with E-state index in [1.165, 1.54) is 44.6 Å². The van der Waals surface area contributed by atoms with Gasteiger partial charge >= 0.3 is 6.61 Å². The van der Waals surface area contributed by atoms with Gasteiger partial charge in [-0.15, -0.1) is 0 Å². The molecule has 0 saturated carbocycles. The summed E-state index contributed by atoms with van der Waals surface area (Å²) in [6.45, 7) is -2.94. The maximum atomic E-state index is 12.2. The van der Waals surface area contributed by atoms with Crippen LogP contribution in [0, 0.1) is 0 Å². The largest absolute Gasteiger partial charge is 0.497 e. The van der Waals surface area contributed by atoms with Gasteiger partial charge in [0, 0.05) is 11.6 Å². The Bertz CT molecular complexity index is 719. The number of carbonyl (C=O) groups excluding carboxylic acids is 1. The highest BCUT2D eigenvalue weighted by molar-refractivity contribution is 6.07. The van der Waals surface area contributed by atoms with E-state index in [4.69, 9.17) is 9.47 Å². The zero-order valence-electron chi connectivity index (χ0n) is 13.2. The van der Waals surface area contributed by atoms with Crippen LogP contribution in [-0.4, -0.2) is 26.6 Å². The minimum atomic E-state index is -2.94. The van der Waals surface area contributed by atoms with Crippen molar-refractivity contribution in [3.63, 3.8) is 0 Å². The summed E-state index contributed by atoms with van der Waals surface area (Å²) in [7, 11) is 3.06. The Kier molecular flexibility index (Phi) is 5.89. The van der Waals surface area contributed by atoms with E-state index in [1.807, 2.05) is 0 Å². The van der Waals surface area contributed by atoms with Crippen LogP contribution in [0.25, 0.3) is 6.08 Å². The lowest BCUT2D eigenvalue weighted by molar-refractivity contribution is -0.0498. The molecule has 0 fully saturated rings. The third kappa shape index (κ3) is 4.81. The van der Waals surface area contributed by atoms with Crippen LogP contribution in [-0.2, 0) is 0 Å². The molecule has 0 atom stereocenters. The quantitative estimate of drug-likeness (QED) is 0.562. The molecule has 0 heterocycles. The fraction of sp³-hybridized carbons (Fsp3) is 0.167. The topological polar surface area (TPSA) is 44.8 Å². The number of ketones is 1. The van der Waals surface area contributed by atoms with Gasteiger partial charge in [-0.25, -0.2) is 0 Å².